The fourth-order valence-electron chi connectivity index (χ4n) is 1.39. The van der Waals surface area contributed by atoms with E-state index in [1.165, 1.54) is 0 Å². The molecule has 4 nitrogen and oxygen atoms in total. The van der Waals surface area contributed by atoms with Crippen molar-refractivity contribution in [2.24, 2.45) is 0 Å². The van der Waals surface area contributed by atoms with E-state index >= 15 is 0 Å². The van der Waals surface area contributed by atoms with Gasteiger partial charge in [0.15, 0.2) is 0 Å². The molecule has 0 saturated heterocycles. The molecule has 82 valence electrons. The van der Waals surface area contributed by atoms with Gasteiger partial charge in [-0.1, -0.05) is 6.92 Å². The summed E-state index contributed by atoms with van der Waals surface area (Å²) in [5.41, 5.74) is -0.461. The minimum absolute atomic E-state index is 0.461. The maximum absolute atomic E-state index is 9.02. The molecule has 0 saturated carbocycles. The van der Waals surface area contributed by atoms with Crippen LogP contribution in [-0.4, -0.2) is 50.8 Å². The minimum Gasteiger partial charge on any atom is -0.383 e. The van der Waals surface area contributed by atoms with Gasteiger partial charge in [-0.15, -0.1) is 0 Å². The molecule has 0 aromatic heterocycles. The summed E-state index contributed by atoms with van der Waals surface area (Å²) in [5.74, 6) is 0. The first-order valence-corrected chi connectivity index (χ1v) is 4.91. The third kappa shape index (κ3) is 5.18. The summed E-state index contributed by atoms with van der Waals surface area (Å²) in [6.45, 7) is 6.98. The molecule has 0 aliphatic heterocycles. The van der Waals surface area contributed by atoms with E-state index in [9.17, 15) is 0 Å². The van der Waals surface area contributed by atoms with Crippen molar-refractivity contribution in [3.8, 4) is 6.07 Å². The molecule has 0 aliphatic rings. The quantitative estimate of drug-likeness (QED) is 0.647. The average molecular weight is 199 g/mol. The van der Waals surface area contributed by atoms with Gasteiger partial charge in [-0.3, -0.25) is 5.32 Å². The molecule has 0 amide bonds. The predicted molar refractivity (Wildman–Crippen MR) is 57.1 cm³/mol. The second kappa shape index (κ2) is 6.77. The van der Waals surface area contributed by atoms with Gasteiger partial charge in [-0.05, 0) is 20.5 Å². The number of rotatable bonds is 7. The van der Waals surface area contributed by atoms with E-state index in [0.717, 1.165) is 13.1 Å². The zero-order valence-corrected chi connectivity index (χ0v) is 9.63. The summed E-state index contributed by atoms with van der Waals surface area (Å²) in [4.78, 5) is 2.09. The van der Waals surface area contributed by atoms with Crippen molar-refractivity contribution in [2.45, 2.75) is 19.4 Å². The number of methoxy groups -OCH3 is 1. The Hall–Kier alpha value is -0.630. The third-order valence-corrected chi connectivity index (χ3v) is 2.08. The van der Waals surface area contributed by atoms with Crippen LogP contribution >= 0.6 is 0 Å². The highest BCUT2D eigenvalue weighted by Crippen LogP contribution is 2.03. The molecule has 1 atom stereocenters. The lowest BCUT2D eigenvalue weighted by molar-refractivity contribution is 0.150. The fourth-order valence-corrected chi connectivity index (χ4v) is 1.39. The SMILES string of the molecule is CCNC(C)(C#N)CN(C)CCOC. The average Bonchev–Trinajstić information content (AvgIpc) is 2.15. The molecular weight excluding hydrogens is 178 g/mol. The summed E-state index contributed by atoms with van der Waals surface area (Å²) >= 11 is 0. The summed E-state index contributed by atoms with van der Waals surface area (Å²) in [6, 6.07) is 2.29. The van der Waals surface area contributed by atoms with Crippen molar-refractivity contribution in [3.63, 3.8) is 0 Å². The first-order valence-electron chi connectivity index (χ1n) is 4.91. The molecule has 0 aromatic carbocycles. The minimum atomic E-state index is -0.461. The topological polar surface area (TPSA) is 48.3 Å². The monoisotopic (exact) mass is 199 g/mol. The first kappa shape index (κ1) is 13.4. The van der Waals surface area contributed by atoms with E-state index in [2.05, 4.69) is 16.3 Å². The van der Waals surface area contributed by atoms with Gasteiger partial charge in [0.1, 0.15) is 5.54 Å². The highest BCUT2D eigenvalue weighted by molar-refractivity contribution is 5.05. The maximum Gasteiger partial charge on any atom is 0.116 e. The first-order chi connectivity index (χ1) is 6.58. The van der Waals surface area contributed by atoms with E-state index in [1.807, 2.05) is 20.9 Å². The lowest BCUT2D eigenvalue weighted by Crippen LogP contribution is -2.49. The van der Waals surface area contributed by atoms with Gasteiger partial charge in [0.05, 0.1) is 12.7 Å². The van der Waals surface area contributed by atoms with Crippen LogP contribution in [0.25, 0.3) is 0 Å². The molecule has 1 N–H and O–H groups in total. The Kier molecular flexibility index (Phi) is 6.46. The number of nitrogens with zero attached hydrogens (tertiary/aromatic N) is 2. The molecular formula is C10H21N3O. The molecule has 0 spiro atoms. The molecule has 4 heteroatoms. The highest BCUT2D eigenvalue weighted by atomic mass is 16.5. The Labute approximate surface area is 86.8 Å². The Morgan fingerprint density at radius 3 is 2.64 bits per heavy atom. The van der Waals surface area contributed by atoms with Crippen LogP contribution < -0.4 is 5.32 Å². The molecule has 0 aliphatic carbocycles. The Bertz CT molecular complexity index is 190. The number of nitrogens with one attached hydrogen (secondary N) is 1. The smallest absolute Gasteiger partial charge is 0.116 e. The number of likely N-dealkylation sites (N-methyl/N-ethyl adjacent to an activating group) is 2. The molecule has 0 bridgehead atoms. The van der Waals surface area contributed by atoms with E-state index in [0.29, 0.717) is 13.2 Å². The second-order valence-electron chi connectivity index (χ2n) is 3.70. The van der Waals surface area contributed by atoms with Crippen LogP contribution in [0.4, 0.5) is 0 Å². The predicted octanol–water partition coefficient (Wildman–Crippen LogP) is 0.456. The van der Waals surface area contributed by atoms with Crippen molar-refractivity contribution in [1.29, 1.82) is 5.26 Å². The van der Waals surface area contributed by atoms with Gasteiger partial charge < -0.3 is 9.64 Å². The molecule has 0 rings (SSSR count). The molecule has 0 heterocycles. The Balaban J connectivity index is 3.98. The van der Waals surface area contributed by atoms with Crippen LogP contribution in [0.1, 0.15) is 13.8 Å². The van der Waals surface area contributed by atoms with E-state index in [4.69, 9.17) is 10.00 Å². The summed E-state index contributed by atoms with van der Waals surface area (Å²) in [5, 5.41) is 12.2. The lowest BCUT2D eigenvalue weighted by atomic mass is 10.0. The molecule has 1 unspecified atom stereocenters. The van der Waals surface area contributed by atoms with Gasteiger partial charge in [0, 0.05) is 20.2 Å². The summed E-state index contributed by atoms with van der Waals surface area (Å²) in [6.07, 6.45) is 0. The van der Waals surface area contributed by atoms with Crippen LogP contribution in [0.15, 0.2) is 0 Å². The maximum atomic E-state index is 9.02. The van der Waals surface area contributed by atoms with Crippen LogP contribution in [0.5, 0.6) is 0 Å². The van der Waals surface area contributed by atoms with Gasteiger partial charge >= 0.3 is 0 Å². The lowest BCUT2D eigenvalue weighted by Gasteiger charge is -2.28. The van der Waals surface area contributed by atoms with Crippen molar-refractivity contribution >= 4 is 0 Å². The van der Waals surface area contributed by atoms with Gasteiger partial charge in [-0.25, -0.2) is 0 Å². The second-order valence-corrected chi connectivity index (χ2v) is 3.70. The standard InChI is InChI=1S/C10H21N3O/c1-5-12-10(2,8-11)9-13(3)6-7-14-4/h12H,5-7,9H2,1-4H3. The number of ether oxygens (including phenoxy) is 1. The van der Waals surface area contributed by atoms with Crippen LogP contribution in [-0.2, 0) is 4.74 Å². The largest absolute Gasteiger partial charge is 0.383 e. The van der Waals surface area contributed by atoms with Crippen LogP contribution in [0.3, 0.4) is 0 Å². The van der Waals surface area contributed by atoms with Crippen LogP contribution in [0.2, 0.25) is 0 Å². The fraction of sp³-hybridized carbons (Fsp3) is 0.900. The van der Waals surface area contributed by atoms with E-state index in [-0.39, 0.29) is 0 Å². The zero-order valence-electron chi connectivity index (χ0n) is 9.63. The van der Waals surface area contributed by atoms with Crippen molar-refractivity contribution in [3.05, 3.63) is 0 Å². The molecule has 0 fully saturated rings. The Morgan fingerprint density at radius 2 is 2.21 bits per heavy atom. The number of hydrogen-bond acceptors (Lipinski definition) is 4. The normalized spacial score (nSPS) is 15.1. The third-order valence-electron chi connectivity index (χ3n) is 2.08. The van der Waals surface area contributed by atoms with Crippen molar-refractivity contribution < 1.29 is 4.74 Å². The van der Waals surface area contributed by atoms with Crippen molar-refractivity contribution in [1.82, 2.24) is 10.2 Å². The summed E-state index contributed by atoms with van der Waals surface area (Å²) < 4.78 is 4.98. The van der Waals surface area contributed by atoms with E-state index < -0.39 is 5.54 Å². The van der Waals surface area contributed by atoms with Crippen LogP contribution in [0, 0.1) is 11.3 Å². The number of nitriles is 1. The zero-order chi connectivity index (χ0) is 11.0. The molecule has 0 radical (unpaired) electrons. The molecule has 14 heavy (non-hydrogen) atoms. The van der Waals surface area contributed by atoms with Crippen molar-refractivity contribution in [2.75, 3.05) is 40.4 Å². The van der Waals surface area contributed by atoms with Gasteiger partial charge in [-0.2, -0.15) is 5.26 Å². The van der Waals surface area contributed by atoms with E-state index in [1.54, 1.807) is 7.11 Å². The highest BCUT2D eigenvalue weighted by Gasteiger charge is 2.23. The van der Waals surface area contributed by atoms with Gasteiger partial charge in [0.2, 0.25) is 0 Å². The summed E-state index contributed by atoms with van der Waals surface area (Å²) in [7, 11) is 3.67. The molecule has 0 aromatic rings. The number of hydrogen-bond donors (Lipinski definition) is 1. The Morgan fingerprint density at radius 1 is 1.57 bits per heavy atom. The van der Waals surface area contributed by atoms with Gasteiger partial charge in [0.25, 0.3) is 0 Å².